The number of hydrogen-bond donors (Lipinski definition) is 1. The third-order valence-electron chi connectivity index (χ3n) is 2.39. The van der Waals surface area contributed by atoms with E-state index in [4.69, 9.17) is 0 Å². The van der Waals surface area contributed by atoms with Crippen LogP contribution in [0.5, 0.6) is 0 Å². The first-order chi connectivity index (χ1) is 6.25. The fourth-order valence-electron chi connectivity index (χ4n) is 1.49. The Bertz CT molecular complexity index is 308. The molecule has 1 aromatic carbocycles. The van der Waals surface area contributed by atoms with Gasteiger partial charge in [0.25, 0.3) is 0 Å². The molecule has 1 saturated heterocycles. The minimum absolute atomic E-state index is 0.424. The summed E-state index contributed by atoms with van der Waals surface area (Å²) in [6.07, 6.45) is 0.707. The molecule has 0 amide bonds. The number of halogens is 2. The van der Waals surface area contributed by atoms with Crippen molar-refractivity contribution in [1.29, 1.82) is 0 Å². The van der Waals surface area contributed by atoms with Crippen molar-refractivity contribution in [1.82, 2.24) is 5.32 Å². The molecule has 0 radical (unpaired) electrons. The molecule has 1 nitrogen and oxygen atoms in total. The van der Waals surface area contributed by atoms with Crippen molar-refractivity contribution >= 4 is 0 Å². The van der Waals surface area contributed by atoms with Crippen LogP contribution in [-0.4, -0.2) is 13.1 Å². The van der Waals surface area contributed by atoms with Gasteiger partial charge < -0.3 is 5.32 Å². The second-order valence-corrected chi connectivity index (χ2v) is 3.46. The summed E-state index contributed by atoms with van der Waals surface area (Å²) in [5, 5.41) is 3.12. The third-order valence-corrected chi connectivity index (χ3v) is 2.39. The van der Waals surface area contributed by atoms with Gasteiger partial charge >= 0.3 is 0 Å². The molecule has 0 unspecified atom stereocenters. The van der Waals surface area contributed by atoms with E-state index >= 15 is 0 Å². The molecule has 0 atom stereocenters. The van der Waals surface area contributed by atoms with Crippen molar-refractivity contribution in [3.05, 3.63) is 35.4 Å². The Morgan fingerprint density at radius 2 is 2.08 bits per heavy atom. The lowest BCUT2D eigenvalue weighted by Gasteiger charge is -2.27. The van der Waals surface area contributed by atoms with Crippen LogP contribution in [0.3, 0.4) is 0 Å². The minimum Gasteiger partial charge on any atom is -0.316 e. The molecule has 13 heavy (non-hydrogen) atoms. The molecule has 1 aromatic rings. The van der Waals surface area contributed by atoms with Gasteiger partial charge in [0, 0.05) is 6.07 Å². The van der Waals surface area contributed by atoms with Crippen LogP contribution in [0.25, 0.3) is 0 Å². The van der Waals surface area contributed by atoms with Crippen molar-refractivity contribution in [3.8, 4) is 0 Å². The average Bonchev–Trinajstić information content (AvgIpc) is 1.99. The molecule has 1 aliphatic heterocycles. The Hall–Kier alpha value is -0.960. The quantitative estimate of drug-likeness (QED) is 0.736. The van der Waals surface area contributed by atoms with E-state index in [1.807, 2.05) is 0 Å². The van der Waals surface area contributed by atoms with Gasteiger partial charge in [-0.15, -0.1) is 0 Å². The van der Waals surface area contributed by atoms with Crippen LogP contribution in [-0.2, 0) is 6.42 Å². The molecule has 0 aliphatic carbocycles. The van der Waals surface area contributed by atoms with E-state index in [0.29, 0.717) is 17.9 Å². The Balaban J connectivity index is 2.10. The van der Waals surface area contributed by atoms with Crippen LogP contribution in [0.2, 0.25) is 0 Å². The summed E-state index contributed by atoms with van der Waals surface area (Å²) < 4.78 is 25.6. The molecule has 1 heterocycles. The van der Waals surface area contributed by atoms with Gasteiger partial charge in [-0.05, 0) is 37.1 Å². The normalized spacial score (nSPS) is 17.1. The Morgan fingerprint density at radius 3 is 2.62 bits per heavy atom. The van der Waals surface area contributed by atoms with E-state index in [0.717, 1.165) is 19.2 Å². The molecule has 70 valence electrons. The van der Waals surface area contributed by atoms with Gasteiger partial charge in [0.15, 0.2) is 0 Å². The molecule has 1 N–H and O–H groups in total. The second kappa shape index (κ2) is 3.42. The third kappa shape index (κ3) is 1.86. The zero-order valence-electron chi connectivity index (χ0n) is 7.19. The average molecular weight is 183 g/mol. The van der Waals surface area contributed by atoms with E-state index in [9.17, 15) is 8.78 Å². The molecule has 0 aromatic heterocycles. The van der Waals surface area contributed by atoms with Gasteiger partial charge in [-0.25, -0.2) is 8.78 Å². The van der Waals surface area contributed by atoms with E-state index < -0.39 is 11.6 Å². The maximum Gasteiger partial charge on any atom is 0.129 e. The van der Waals surface area contributed by atoms with E-state index in [1.165, 1.54) is 12.1 Å². The monoisotopic (exact) mass is 183 g/mol. The van der Waals surface area contributed by atoms with Gasteiger partial charge in [0.05, 0.1) is 0 Å². The number of benzene rings is 1. The largest absolute Gasteiger partial charge is 0.316 e. The van der Waals surface area contributed by atoms with Crippen molar-refractivity contribution in [2.45, 2.75) is 6.42 Å². The predicted molar refractivity (Wildman–Crippen MR) is 46.4 cm³/mol. The molecular weight excluding hydrogens is 172 g/mol. The molecule has 0 spiro atoms. The van der Waals surface area contributed by atoms with Crippen LogP contribution in [0.15, 0.2) is 18.2 Å². The highest BCUT2D eigenvalue weighted by atomic mass is 19.1. The van der Waals surface area contributed by atoms with Crippen molar-refractivity contribution in [3.63, 3.8) is 0 Å². The van der Waals surface area contributed by atoms with Gasteiger partial charge in [0.1, 0.15) is 11.6 Å². The molecule has 1 aliphatic rings. The van der Waals surface area contributed by atoms with Gasteiger partial charge in [-0.2, -0.15) is 0 Å². The summed E-state index contributed by atoms with van der Waals surface area (Å²) in [6, 6.07) is 3.79. The summed E-state index contributed by atoms with van der Waals surface area (Å²) in [5.74, 6) is -0.417. The van der Waals surface area contributed by atoms with Gasteiger partial charge in [0.2, 0.25) is 0 Å². The van der Waals surface area contributed by atoms with Crippen molar-refractivity contribution in [2.75, 3.05) is 13.1 Å². The molecule has 2 rings (SSSR count). The lowest BCUT2D eigenvalue weighted by atomic mass is 9.94. The highest BCUT2D eigenvalue weighted by Crippen LogP contribution is 2.16. The molecule has 3 heteroatoms. The highest BCUT2D eigenvalue weighted by molar-refractivity contribution is 5.19. The fraction of sp³-hybridized carbons (Fsp3) is 0.400. The molecule has 1 fully saturated rings. The first-order valence-electron chi connectivity index (χ1n) is 4.40. The lowest BCUT2D eigenvalue weighted by molar-refractivity contribution is 0.342. The van der Waals surface area contributed by atoms with E-state index in [1.54, 1.807) is 0 Å². The zero-order valence-corrected chi connectivity index (χ0v) is 7.19. The van der Waals surface area contributed by atoms with Crippen LogP contribution in [0.4, 0.5) is 8.78 Å². The summed E-state index contributed by atoms with van der Waals surface area (Å²) in [6.45, 7) is 1.88. The maximum atomic E-state index is 13.1. The van der Waals surface area contributed by atoms with Crippen molar-refractivity contribution < 1.29 is 8.78 Å². The van der Waals surface area contributed by atoms with E-state index in [-0.39, 0.29) is 0 Å². The molecule has 0 saturated carbocycles. The number of rotatable bonds is 2. The van der Waals surface area contributed by atoms with Crippen LogP contribution >= 0.6 is 0 Å². The first-order valence-corrected chi connectivity index (χ1v) is 4.40. The predicted octanol–water partition coefficient (Wildman–Crippen LogP) is 1.73. The summed E-state index contributed by atoms with van der Waals surface area (Å²) >= 11 is 0. The Kier molecular flexibility index (Phi) is 2.27. The molecular formula is C10H11F2N. The van der Waals surface area contributed by atoms with Crippen LogP contribution < -0.4 is 5.32 Å². The fourth-order valence-corrected chi connectivity index (χ4v) is 1.49. The van der Waals surface area contributed by atoms with Gasteiger partial charge in [-0.3, -0.25) is 0 Å². The van der Waals surface area contributed by atoms with Gasteiger partial charge in [-0.1, -0.05) is 6.07 Å². The smallest absolute Gasteiger partial charge is 0.129 e. The standard InChI is InChI=1S/C10H11F2N/c11-9-2-1-8(10(12)4-9)3-7-5-13-6-7/h1-2,4,7,13H,3,5-6H2. The summed E-state index contributed by atoms with van der Waals surface area (Å²) in [7, 11) is 0. The second-order valence-electron chi connectivity index (χ2n) is 3.46. The minimum atomic E-state index is -0.506. The summed E-state index contributed by atoms with van der Waals surface area (Å²) in [5.41, 5.74) is 0.618. The number of hydrogen-bond acceptors (Lipinski definition) is 1. The lowest BCUT2D eigenvalue weighted by Crippen LogP contribution is -2.43. The topological polar surface area (TPSA) is 12.0 Å². The van der Waals surface area contributed by atoms with Crippen LogP contribution in [0.1, 0.15) is 5.56 Å². The summed E-state index contributed by atoms with van der Waals surface area (Å²) in [4.78, 5) is 0. The van der Waals surface area contributed by atoms with Crippen molar-refractivity contribution in [2.24, 2.45) is 5.92 Å². The maximum absolute atomic E-state index is 13.1. The zero-order chi connectivity index (χ0) is 9.26. The Morgan fingerprint density at radius 1 is 1.31 bits per heavy atom. The molecule has 0 bridgehead atoms. The number of nitrogens with one attached hydrogen (secondary N) is 1. The van der Waals surface area contributed by atoms with E-state index in [2.05, 4.69) is 5.32 Å². The highest BCUT2D eigenvalue weighted by Gasteiger charge is 2.18. The van der Waals surface area contributed by atoms with Crippen LogP contribution in [0, 0.1) is 17.6 Å². The first kappa shape index (κ1) is 8.63. The SMILES string of the molecule is Fc1ccc(CC2CNC2)c(F)c1. The Labute approximate surface area is 75.8 Å².